The number of anilines is 1. The van der Waals surface area contributed by atoms with Gasteiger partial charge in [0.2, 0.25) is 5.69 Å². The average Bonchev–Trinajstić information content (AvgIpc) is 3.55. The lowest BCUT2D eigenvalue weighted by Gasteiger charge is -2.30. The highest BCUT2D eigenvalue weighted by atomic mass is 32.2. The zero-order valence-electron chi connectivity index (χ0n) is 33.2. The van der Waals surface area contributed by atoms with Crippen molar-refractivity contribution >= 4 is 67.4 Å². The van der Waals surface area contributed by atoms with Crippen LogP contribution < -0.4 is 4.90 Å². The number of allylic oxidation sites excluding steroid dienone is 6. The van der Waals surface area contributed by atoms with Crippen molar-refractivity contribution < 1.29 is 69.7 Å². The van der Waals surface area contributed by atoms with Gasteiger partial charge < -0.3 is 10.0 Å². The molecule has 2 heterocycles. The standard InChI is InChI=1S/C39H52N2O14S4/c1-4-40-33-20-18-29(57-55-53-45)27-31(33)38(2,22-10-13-25-56-54-52-44)35(40)15-7-5-8-16-36-39(3,23-11-14-26-58(46,47)48)32-28-30(59(49,50)51)19-21-34(32)41(36)24-12-6-9-17-37(42)43/h5,7-8,15-16,18-21,27-28H,4,6,9-14,17,22-26H2,1-3H3,(H4-,42,43,44,45,46,47,48,49,50,51)/p+1. The van der Waals surface area contributed by atoms with E-state index >= 15 is 0 Å². The number of fused-ring (bicyclic) bond motifs is 2. The molecule has 16 nitrogen and oxygen atoms in total. The van der Waals surface area contributed by atoms with Gasteiger partial charge in [0.25, 0.3) is 20.2 Å². The number of rotatable bonds is 26. The second-order valence-corrected chi connectivity index (χ2v) is 19.2. The van der Waals surface area contributed by atoms with Crippen molar-refractivity contribution in [3.05, 3.63) is 83.6 Å². The van der Waals surface area contributed by atoms with E-state index in [0.29, 0.717) is 56.5 Å². The van der Waals surface area contributed by atoms with E-state index in [1.165, 1.54) is 12.1 Å². The molecule has 20 heteroatoms. The predicted molar refractivity (Wildman–Crippen MR) is 225 cm³/mol. The fourth-order valence-corrected chi connectivity index (χ4v) is 9.88. The number of unbranched alkanes of at least 4 members (excludes halogenated alkanes) is 4. The number of aliphatic carboxylic acids is 1. The van der Waals surface area contributed by atoms with Crippen LogP contribution in [0.1, 0.15) is 96.1 Å². The van der Waals surface area contributed by atoms with E-state index in [4.69, 9.17) is 20.0 Å². The molecule has 0 amide bonds. The Morgan fingerprint density at radius 2 is 1.58 bits per heavy atom. The lowest BCUT2D eigenvalue weighted by molar-refractivity contribution is -0.433. The minimum Gasteiger partial charge on any atom is -0.481 e. The van der Waals surface area contributed by atoms with Crippen molar-refractivity contribution in [1.29, 1.82) is 0 Å². The summed E-state index contributed by atoms with van der Waals surface area (Å²) in [6.07, 6.45) is 14.8. The van der Waals surface area contributed by atoms with Crippen LogP contribution in [0.25, 0.3) is 0 Å². The Morgan fingerprint density at radius 3 is 2.25 bits per heavy atom. The number of benzene rings is 2. The Hall–Kier alpha value is -3.12. The van der Waals surface area contributed by atoms with Gasteiger partial charge in [0.15, 0.2) is 5.71 Å². The van der Waals surface area contributed by atoms with Crippen molar-refractivity contribution in [2.75, 3.05) is 29.5 Å². The molecule has 326 valence electrons. The summed E-state index contributed by atoms with van der Waals surface area (Å²) < 4.78 is 78.5. The molecule has 2 atom stereocenters. The first-order valence-corrected chi connectivity index (χ1v) is 23.9. The highest BCUT2D eigenvalue weighted by Crippen LogP contribution is 2.51. The van der Waals surface area contributed by atoms with Gasteiger partial charge in [-0.3, -0.25) is 13.9 Å². The second-order valence-electron chi connectivity index (χ2n) is 14.7. The van der Waals surface area contributed by atoms with Gasteiger partial charge in [0.1, 0.15) is 6.54 Å². The Labute approximate surface area is 354 Å². The summed E-state index contributed by atoms with van der Waals surface area (Å²) in [4.78, 5) is 13.7. The molecule has 2 aromatic rings. The van der Waals surface area contributed by atoms with Crippen LogP contribution in [0.4, 0.5) is 11.4 Å². The third kappa shape index (κ3) is 12.9. The fourth-order valence-electron chi connectivity index (χ4n) is 7.98. The van der Waals surface area contributed by atoms with E-state index in [2.05, 4.69) is 43.8 Å². The molecule has 59 heavy (non-hydrogen) atoms. The SMILES string of the molecule is CC[N+]1=C(/C=C/C=C/C=C2/N(CCCCCC(=O)O)c3ccc(S(=O)(=O)O)cc3C2(C)CCCCS(=O)(=O)O)C(C)(CCCCSOOO)c2cc(SOOO)ccc21. The summed E-state index contributed by atoms with van der Waals surface area (Å²) in [5.74, 6) is -0.704. The molecule has 0 aromatic heterocycles. The summed E-state index contributed by atoms with van der Waals surface area (Å²) in [6, 6.07) is 10.3. The molecule has 2 unspecified atom stereocenters. The van der Waals surface area contributed by atoms with Crippen LogP contribution in [0.3, 0.4) is 0 Å². The number of carboxylic acid groups (broad SMARTS) is 1. The third-order valence-corrected chi connectivity index (χ3v) is 13.6. The first-order valence-electron chi connectivity index (χ1n) is 19.2. The lowest BCUT2D eigenvalue weighted by Crippen LogP contribution is -2.31. The second kappa shape index (κ2) is 22.1. The Morgan fingerprint density at radius 1 is 0.847 bits per heavy atom. The Bertz CT molecular complexity index is 2120. The maximum atomic E-state index is 12.3. The highest BCUT2D eigenvalue weighted by molar-refractivity contribution is 7.94. The molecule has 0 saturated heterocycles. The van der Waals surface area contributed by atoms with Crippen LogP contribution in [0.2, 0.25) is 0 Å². The summed E-state index contributed by atoms with van der Waals surface area (Å²) in [5.41, 5.74) is 4.03. The maximum absolute atomic E-state index is 12.3. The van der Waals surface area contributed by atoms with Crippen LogP contribution in [0.15, 0.2) is 82.3 Å². The summed E-state index contributed by atoms with van der Waals surface area (Å²) in [5, 5.41) is 33.9. The van der Waals surface area contributed by atoms with E-state index in [-0.39, 0.29) is 17.7 Å². The molecule has 0 aliphatic carbocycles. The monoisotopic (exact) mass is 901 g/mol. The van der Waals surface area contributed by atoms with Crippen LogP contribution in [-0.2, 0) is 54.6 Å². The Balaban J connectivity index is 1.72. The quantitative estimate of drug-likeness (QED) is 0.0113. The van der Waals surface area contributed by atoms with E-state index < -0.39 is 42.8 Å². The van der Waals surface area contributed by atoms with E-state index in [9.17, 15) is 30.7 Å². The van der Waals surface area contributed by atoms with Crippen LogP contribution in [-0.4, -0.2) is 82.4 Å². The molecule has 0 fully saturated rings. The lowest BCUT2D eigenvalue weighted by atomic mass is 9.75. The molecule has 2 aliphatic rings. The van der Waals surface area contributed by atoms with Crippen molar-refractivity contribution in [2.45, 2.75) is 106 Å². The predicted octanol–water partition coefficient (Wildman–Crippen LogP) is 8.45. The van der Waals surface area contributed by atoms with Crippen LogP contribution in [0.5, 0.6) is 0 Å². The minimum atomic E-state index is -4.55. The molecule has 0 spiro atoms. The fraction of sp³-hybridized carbons (Fsp3) is 0.487. The first-order chi connectivity index (χ1) is 28.0. The van der Waals surface area contributed by atoms with Gasteiger partial charge in [0, 0.05) is 70.2 Å². The minimum absolute atomic E-state index is 0.0391. The first kappa shape index (κ1) is 48.5. The number of hydrogen-bond donors (Lipinski definition) is 5. The normalized spacial score (nSPS) is 20.1. The molecular formula is C39H53N2O14S4+. The molecular weight excluding hydrogens is 849 g/mol. The smallest absolute Gasteiger partial charge is 0.303 e. The molecule has 4 rings (SSSR count). The summed E-state index contributed by atoms with van der Waals surface area (Å²) in [7, 11) is -8.75. The van der Waals surface area contributed by atoms with Gasteiger partial charge in [-0.2, -0.15) is 21.4 Å². The number of carboxylic acids is 1. The van der Waals surface area contributed by atoms with Gasteiger partial charge in [-0.25, -0.2) is 10.5 Å². The van der Waals surface area contributed by atoms with Crippen molar-refractivity contribution in [3.8, 4) is 0 Å². The van der Waals surface area contributed by atoms with E-state index in [0.717, 1.165) is 76.6 Å². The molecule has 2 aliphatic heterocycles. The average molecular weight is 902 g/mol. The molecule has 0 bridgehead atoms. The molecule has 0 saturated carbocycles. The zero-order chi connectivity index (χ0) is 43.3. The molecule has 5 N–H and O–H groups in total. The van der Waals surface area contributed by atoms with Gasteiger partial charge >= 0.3 is 5.97 Å². The number of carbonyl (C=O) groups is 1. The van der Waals surface area contributed by atoms with Crippen molar-refractivity contribution in [2.24, 2.45) is 0 Å². The van der Waals surface area contributed by atoms with Crippen molar-refractivity contribution in [1.82, 2.24) is 0 Å². The van der Waals surface area contributed by atoms with Gasteiger partial charge in [0.05, 0.1) is 28.1 Å². The zero-order valence-corrected chi connectivity index (χ0v) is 36.5. The summed E-state index contributed by atoms with van der Waals surface area (Å²) in [6.45, 7) is 7.34. The van der Waals surface area contributed by atoms with Gasteiger partial charge in [-0.1, -0.05) is 47.6 Å². The maximum Gasteiger partial charge on any atom is 0.303 e. The van der Waals surface area contributed by atoms with E-state index in [1.807, 2.05) is 49.4 Å². The van der Waals surface area contributed by atoms with Crippen molar-refractivity contribution in [3.63, 3.8) is 0 Å². The third-order valence-electron chi connectivity index (χ3n) is 10.8. The topological polar surface area (TPSA) is 230 Å². The number of hydrogen-bond acceptors (Lipinski definition) is 14. The van der Waals surface area contributed by atoms with Crippen LogP contribution >= 0.6 is 24.1 Å². The largest absolute Gasteiger partial charge is 0.481 e. The highest BCUT2D eigenvalue weighted by Gasteiger charge is 2.47. The summed E-state index contributed by atoms with van der Waals surface area (Å²) >= 11 is 1.89. The molecule has 2 aromatic carbocycles. The van der Waals surface area contributed by atoms with E-state index in [1.54, 1.807) is 6.07 Å². The van der Waals surface area contributed by atoms with Gasteiger partial charge in [-0.05, 0) is 101 Å². The Kier molecular flexibility index (Phi) is 18.2. The molecule has 0 radical (unpaired) electrons. The van der Waals surface area contributed by atoms with Gasteiger partial charge in [-0.15, -0.1) is 8.67 Å². The van der Waals surface area contributed by atoms with Crippen LogP contribution in [0, 0.1) is 0 Å². The number of nitrogens with zero attached hydrogens (tertiary/aromatic N) is 2.